The fraction of sp³-hybridized carbons (Fsp3) is 0.333. The summed E-state index contributed by atoms with van der Waals surface area (Å²) in [4.78, 5) is 25.9. The van der Waals surface area contributed by atoms with E-state index in [0.717, 1.165) is 17.8 Å². The van der Waals surface area contributed by atoms with Gasteiger partial charge in [0, 0.05) is 17.7 Å². The maximum absolute atomic E-state index is 11.9. The molecule has 1 amide bonds. The van der Waals surface area contributed by atoms with Crippen LogP contribution in [-0.2, 0) is 0 Å². The number of hydrogen-bond donors (Lipinski definition) is 2. The van der Waals surface area contributed by atoms with Gasteiger partial charge in [0.1, 0.15) is 10.7 Å². The van der Waals surface area contributed by atoms with Gasteiger partial charge in [0.2, 0.25) is 5.13 Å². The summed E-state index contributed by atoms with van der Waals surface area (Å²) < 4.78 is 0. The van der Waals surface area contributed by atoms with Crippen LogP contribution in [0.3, 0.4) is 0 Å². The van der Waals surface area contributed by atoms with E-state index in [1.54, 1.807) is 0 Å². The summed E-state index contributed by atoms with van der Waals surface area (Å²) in [7, 11) is 0. The number of ketones is 1. The molecule has 0 radical (unpaired) electrons. The van der Waals surface area contributed by atoms with E-state index in [-0.39, 0.29) is 11.7 Å². The summed E-state index contributed by atoms with van der Waals surface area (Å²) in [5.41, 5.74) is 0.828. The lowest BCUT2D eigenvalue weighted by atomic mass is 10.2. The fourth-order valence-corrected chi connectivity index (χ4v) is 2.58. The third-order valence-electron chi connectivity index (χ3n) is 2.92. The van der Waals surface area contributed by atoms with Crippen LogP contribution >= 0.6 is 11.3 Å². The molecule has 0 aromatic carbocycles. The molecular formula is C12H12N4O2S. The number of rotatable bonds is 4. The van der Waals surface area contributed by atoms with Crippen molar-refractivity contribution in [3.63, 3.8) is 0 Å². The molecule has 0 bridgehead atoms. The lowest BCUT2D eigenvalue weighted by molar-refractivity contribution is 0.101. The molecule has 2 heterocycles. The third-order valence-corrected chi connectivity index (χ3v) is 3.92. The van der Waals surface area contributed by atoms with Crippen molar-refractivity contribution in [2.24, 2.45) is 0 Å². The largest absolute Gasteiger partial charge is 0.356 e. The predicted octanol–water partition coefficient (Wildman–Crippen LogP) is 2.20. The number of carbonyl (C=O) groups is 2. The zero-order chi connectivity index (χ0) is 13.4. The molecule has 19 heavy (non-hydrogen) atoms. The molecule has 3 rings (SSSR count). The number of aromatic amines is 1. The van der Waals surface area contributed by atoms with Crippen molar-refractivity contribution in [1.82, 2.24) is 15.2 Å². The Morgan fingerprint density at radius 2 is 2.21 bits per heavy atom. The minimum atomic E-state index is -0.314. The molecule has 1 aliphatic carbocycles. The smallest absolute Gasteiger partial charge is 0.273 e. The maximum atomic E-state index is 11.9. The second-order valence-corrected chi connectivity index (χ2v) is 5.54. The van der Waals surface area contributed by atoms with Crippen molar-refractivity contribution in [2.45, 2.75) is 25.7 Å². The van der Waals surface area contributed by atoms with Gasteiger partial charge in [-0.25, -0.2) is 0 Å². The maximum Gasteiger partial charge on any atom is 0.273 e. The van der Waals surface area contributed by atoms with Crippen LogP contribution in [0.2, 0.25) is 0 Å². The Morgan fingerprint density at radius 3 is 2.84 bits per heavy atom. The molecule has 0 unspecified atom stereocenters. The van der Waals surface area contributed by atoms with Gasteiger partial charge in [0.15, 0.2) is 5.78 Å². The van der Waals surface area contributed by atoms with Crippen LogP contribution in [0.4, 0.5) is 5.13 Å². The number of H-pyrrole nitrogens is 1. The first-order chi connectivity index (χ1) is 9.13. The molecule has 7 heteroatoms. The lowest BCUT2D eigenvalue weighted by Crippen LogP contribution is -2.11. The zero-order valence-electron chi connectivity index (χ0n) is 10.3. The Morgan fingerprint density at radius 1 is 1.42 bits per heavy atom. The van der Waals surface area contributed by atoms with Gasteiger partial charge in [-0.2, -0.15) is 0 Å². The molecule has 0 spiro atoms. The summed E-state index contributed by atoms with van der Waals surface area (Å²) in [6.45, 7) is 1.46. The van der Waals surface area contributed by atoms with E-state index >= 15 is 0 Å². The lowest BCUT2D eigenvalue weighted by Gasteiger charge is -1.96. The van der Waals surface area contributed by atoms with Crippen molar-refractivity contribution in [2.75, 3.05) is 5.32 Å². The van der Waals surface area contributed by atoms with E-state index in [2.05, 4.69) is 20.5 Å². The quantitative estimate of drug-likeness (QED) is 0.838. The van der Waals surface area contributed by atoms with Crippen LogP contribution in [0.15, 0.2) is 12.3 Å². The number of anilines is 1. The van der Waals surface area contributed by atoms with Crippen LogP contribution < -0.4 is 5.32 Å². The number of Topliss-reactive ketones (excluding diaryl/α,β-unsaturated/α-hetero) is 1. The van der Waals surface area contributed by atoms with Crippen LogP contribution in [0, 0.1) is 0 Å². The van der Waals surface area contributed by atoms with E-state index in [1.165, 1.54) is 30.5 Å². The summed E-state index contributed by atoms with van der Waals surface area (Å²) in [6.07, 6.45) is 3.83. The molecule has 0 aliphatic heterocycles. The SMILES string of the molecule is CC(=O)c1c[nH]c(C(=O)Nc2nnc(C3CC3)s2)c1. The van der Waals surface area contributed by atoms with Crippen LogP contribution in [0.5, 0.6) is 0 Å². The zero-order valence-corrected chi connectivity index (χ0v) is 11.1. The fourth-order valence-electron chi connectivity index (χ4n) is 1.67. The molecule has 0 saturated heterocycles. The topological polar surface area (TPSA) is 87.7 Å². The first kappa shape index (κ1) is 12.0. The summed E-state index contributed by atoms with van der Waals surface area (Å²) >= 11 is 1.40. The monoisotopic (exact) mass is 276 g/mol. The van der Waals surface area contributed by atoms with Gasteiger partial charge in [-0.1, -0.05) is 11.3 Å². The first-order valence-corrected chi connectivity index (χ1v) is 6.79. The number of nitrogens with one attached hydrogen (secondary N) is 2. The molecule has 2 N–H and O–H groups in total. The molecule has 0 atom stereocenters. The Hall–Kier alpha value is -2.02. The highest BCUT2D eigenvalue weighted by molar-refractivity contribution is 7.15. The second kappa shape index (κ2) is 4.58. The third kappa shape index (κ3) is 2.55. The van der Waals surface area contributed by atoms with Crippen LogP contribution in [0.25, 0.3) is 0 Å². The molecule has 2 aromatic heterocycles. The molecule has 2 aromatic rings. The highest BCUT2D eigenvalue weighted by atomic mass is 32.1. The molecular weight excluding hydrogens is 264 g/mol. The molecule has 98 valence electrons. The van der Waals surface area contributed by atoms with Crippen molar-refractivity contribution < 1.29 is 9.59 Å². The average Bonchev–Trinajstić information content (AvgIpc) is 2.92. The number of hydrogen-bond acceptors (Lipinski definition) is 5. The first-order valence-electron chi connectivity index (χ1n) is 5.97. The summed E-state index contributed by atoms with van der Waals surface area (Å²) in [5.74, 6) is 0.131. The molecule has 1 fully saturated rings. The van der Waals surface area contributed by atoms with E-state index < -0.39 is 0 Å². The van der Waals surface area contributed by atoms with Crippen molar-refractivity contribution in [3.05, 3.63) is 28.5 Å². The Balaban J connectivity index is 1.70. The average molecular weight is 276 g/mol. The predicted molar refractivity (Wildman–Crippen MR) is 70.6 cm³/mol. The van der Waals surface area contributed by atoms with Crippen LogP contribution in [0.1, 0.15) is 51.5 Å². The van der Waals surface area contributed by atoms with Gasteiger partial charge in [0.25, 0.3) is 5.91 Å². The normalized spacial score (nSPS) is 14.4. The molecule has 6 nitrogen and oxygen atoms in total. The van der Waals surface area contributed by atoms with Crippen molar-refractivity contribution >= 4 is 28.2 Å². The van der Waals surface area contributed by atoms with E-state index in [4.69, 9.17) is 0 Å². The standard InChI is InChI=1S/C12H12N4O2S/c1-6(17)8-4-9(13-5-8)10(18)14-12-16-15-11(19-12)7-2-3-7/h4-5,7,13H,2-3H2,1H3,(H,14,16,18). The van der Waals surface area contributed by atoms with Gasteiger partial charge in [0.05, 0.1) is 0 Å². The summed E-state index contributed by atoms with van der Waals surface area (Å²) in [6, 6.07) is 1.53. The number of carbonyl (C=O) groups excluding carboxylic acids is 2. The number of aromatic nitrogens is 3. The van der Waals surface area contributed by atoms with Gasteiger partial charge < -0.3 is 4.98 Å². The van der Waals surface area contributed by atoms with E-state index in [9.17, 15) is 9.59 Å². The number of amides is 1. The Kier molecular flexibility index (Phi) is 2.90. The van der Waals surface area contributed by atoms with Gasteiger partial charge >= 0.3 is 0 Å². The Labute approximate surface area is 113 Å². The van der Waals surface area contributed by atoms with Crippen molar-refractivity contribution in [3.8, 4) is 0 Å². The Bertz CT molecular complexity index is 642. The highest BCUT2D eigenvalue weighted by Gasteiger charge is 2.27. The minimum absolute atomic E-state index is 0.0813. The second-order valence-electron chi connectivity index (χ2n) is 4.53. The number of nitrogens with zero attached hydrogens (tertiary/aromatic N) is 2. The minimum Gasteiger partial charge on any atom is -0.356 e. The molecule has 1 saturated carbocycles. The van der Waals surface area contributed by atoms with Gasteiger partial charge in [-0.15, -0.1) is 10.2 Å². The highest BCUT2D eigenvalue weighted by Crippen LogP contribution is 2.42. The van der Waals surface area contributed by atoms with Gasteiger partial charge in [-0.05, 0) is 25.8 Å². The van der Waals surface area contributed by atoms with Crippen LogP contribution in [-0.4, -0.2) is 26.9 Å². The van der Waals surface area contributed by atoms with Crippen molar-refractivity contribution in [1.29, 1.82) is 0 Å². The molecule has 1 aliphatic rings. The summed E-state index contributed by atoms with van der Waals surface area (Å²) in [5, 5.41) is 12.1. The van der Waals surface area contributed by atoms with E-state index in [1.807, 2.05) is 0 Å². The van der Waals surface area contributed by atoms with E-state index in [0.29, 0.717) is 22.3 Å². The van der Waals surface area contributed by atoms with Gasteiger partial charge in [-0.3, -0.25) is 14.9 Å².